The van der Waals surface area contributed by atoms with Crippen LogP contribution in [0.2, 0.25) is 0 Å². The van der Waals surface area contributed by atoms with Gasteiger partial charge in [-0.1, -0.05) is 0 Å². The Labute approximate surface area is 105 Å². The molecule has 4 nitrogen and oxygen atoms in total. The van der Waals surface area contributed by atoms with Gasteiger partial charge in [0.05, 0.1) is 11.2 Å². The summed E-state index contributed by atoms with van der Waals surface area (Å²) in [6, 6.07) is 9.31. The average molecular weight is 241 g/mol. The third-order valence-corrected chi connectivity index (χ3v) is 3.10. The number of pyridine rings is 1. The second-order valence-electron chi connectivity index (χ2n) is 4.43. The molecule has 2 aromatic heterocycles. The second-order valence-corrected chi connectivity index (χ2v) is 4.43. The van der Waals surface area contributed by atoms with E-state index in [4.69, 9.17) is 5.73 Å². The van der Waals surface area contributed by atoms with E-state index in [0.717, 1.165) is 35.1 Å². The Kier molecular flexibility index (Phi) is 2.64. The molecule has 4 heteroatoms. The fourth-order valence-electron chi connectivity index (χ4n) is 2.22. The van der Waals surface area contributed by atoms with Crippen molar-refractivity contribution in [3.63, 3.8) is 0 Å². The number of aromatic hydroxyl groups is 1. The fraction of sp³-hybridized carbons (Fsp3) is 0.214. The number of phenols is 1. The van der Waals surface area contributed by atoms with E-state index in [1.807, 2.05) is 24.4 Å². The Balaban J connectivity index is 2.17. The van der Waals surface area contributed by atoms with E-state index in [1.165, 1.54) is 0 Å². The number of hydrogen-bond acceptors (Lipinski definition) is 3. The molecule has 92 valence electrons. The van der Waals surface area contributed by atoms with Crippen LogP contribution < -0.4 is 5.73 Å². The van der Waals surface area contributed by atoms with Crippen molar-refractivity contribution in [2.75, 3.05) is 6.54 Å². The fourth-order valence-corrected chi connectivity index (χ4v) is 2.22. The van der Waals surface area contributed by atoms with Gasteiger partial charge in [-0.05, 0) is 49.7 Å². The van der Waals surface area contributed by atoms with Gasteiger partial charge in [0.15, 0.2) is 0 Å². The Morgan fingerprint density at radius 3 is 2.94 bits per heavy atom. The minimum Gasteiger partial charge on any atom is -0.508 e. The maximum Gasteiger partial charge on any atom is 0.137 e. The summed E-state index contributed by atoms with van der Waals surface area (Å²) in [6.07, 6.45) is 3.89. The van der Waals surface area contributed by atoms with Crippen molar-refractivity contribution >= 4 is 16.6 Å². The van der Waals surface area contributed by atoms with Gasteiger partial charge in [0.2, 0.25) is 0 Å². The molecule has 0 atom stereocenters. The molecule has 2 heterocycles. The molecule has 0 bridgehead atoms. The van der Waals surface area contributed by atoms with Gasteiger partial charge in [0.1, 0.15) is 11.4 Å². The quantitative estimate of drug-likeness (QED) is 0.738. The molecule has 0 fully saturated rings. The van der Waals surface area contributed by atoms with E-state index >= 15 is 0 Å². The third kappa shape index (κ3) is 1.80. The maximum absolute atomic E-state index is 9.48. The molecule has 0 aliphatic carbocycles. The Hall–Kier alpha value is -2.07. The average Bonchev–Trinajstić information content (AvgIpc) is 2.79. The molecule has 0 aliphatic heterocycles. The van der Waals surface area contributed by atoms with Crippen molar-refractivity contribution in [2.45, 2.75) is 12.8 Å². The maximum atomic E-state index is 9.48. The number of rotatable bonds is 3. The van der Waals surface area contributed by atoms with Crippen molar-refractivity contribution in [1.82, 2.24) is 9.38 Å². The smallest absolute Gasteiger partial charge is 0.137 e. The zero-order valence-corrected chi connectivity index (χ0v) is 10.0. The van der Waals surface area contributed by atoms with Gasteiger partial charge in [0, 0.05) is 11.6 Å². The highest BCUT2D eigenvalue weighted by Gasteiger charge is 2.05. The number of benzene rings is 1. The lowest BCUT2D eigenvalue weighted by molar-refractivity contribution is 0.476. The largest absolute Gasteiger partial charge is 0.508 e. The van der Waals surface area contributed by atoms with E-state index in [9.17, 15) is 5.11 Å². The summed E-state index contributed by atoms with van der Waals surface area (Å²) in [5.74, 6) is 0.283. The molecule has 0 amide bonds. The first-order chi connectivity index (χ1) is 8.78. The Morgan fingerprint density at radius 2 is 2.11 bits per heavy atom. The van der Waals surface area contributed by atoms with Gasteiger partial charge in [-0.2, -0.15) is 0 Å². The van der Waals surface area contributed by atoms with E-state index < -0.39 is 0 Å². The van der Waals surface area contributed by atoms with E-state index in [0.29, 0.717) is 6.54 Å². The van der Waals surface area contributed by atoms with Crippen molar-refractivity contribution in [1.29, 1.82) is 0 Å². The molecule has 0 spiro atoms. The van der Waals surface area contributed by atoms with Crippen LogP contribution in [-0.4, -0.2) is 21.0 Å². The monoisotopic (exact) mass is 241 g/mol. The van der Waals surface area contributed by atoms with Crippen LogP contribution in [0.25, 0.3) is 16.6 Å². The SMILES string of the molecule is NCCCc1cn2c(ccc3cc(O)ccc32)n1. The number of phenolic OH excluding ortho intramolecular Hbond substituents is 1. The first-order valence-electron chi connectivity index (χ1n) is 6.08. The van der Waals surface area contributed by atoms with Crippen LogP contribution in [0.1, 0.15) is 12.1 Å². The topological polar surface area (TPSA) is 63.5 Å². The number of nitrogens with zero attached hydrogens (tertiary/aromatic N) is 2. The molecule has 18 heavy (non-hydrogen) atoms. The van der Waals surface area contributed by atoms with Crippen LogP contribution >= 0.6 is 0 Å². The lowest BCUT2D eigenvalue weighted by Crippen LogP contribution is -2.00. The first-order valence-corrected chi connectivity index (χ1v) is 6.08. The summed E-state index contributed by atoms with van der Waals surface area (Å²) in [5, 5.41) is 10.5. The molecule has 1 aromatic carbocycles. The molecule has 0 aliphatic rings. The van der Waals surface area contributed by atoms with Crippen LogP contribution in [0, 0.1) is 0 Å². The van der Waals surface area contributed by atoms with Gasteiger partial charge in [-0.25, -0.2) is 4.98 Å². The zero-order valence-electron chi connectivity index (χ0n) is 10.0. The minimum absolute atomic E-state index is 0.283. The number of aryl methyl sites for hydroxylation is 1. The second kappa shape index (κ2) is 4.31. The first kappa shape index (κ1) is 11.0. The normalized spacial score (nSPS) is 11.4. The highest BCUT2D eigenvalue weighted by molar-refractivity contribution is 5.83. The molecular weight excluding hydrogens is 226 g/mol. The number of imidazole rings is 1. The molecule has 0 radical (unpaired) electrons. The van der Waals surface area contributed by atoms with Crippen molar-refractivity contribution < 1.29 is 5.11 Å². The molecular formula is C14H15N3O. The predicted molar refractivity (Wildman–Crippen MR) is 71.7 cm³/mol. The van der Waals surface area contributed by atoms with E-state index in [2.05, 4.69) is 9.38 Å². The van der Waals surface area contributed by atoms with Crippen molar-refractivity contribution in [2.24, 2.45) is 5.73 Å². The highest BCUT2D eigenvalue weighted by Crippen LogP contribution is 2.22. The van der Waals surface area contributed by atoms with Gasteiger partial charge >= 0.3 is 0 Å². The summed E-state index contributed by atoms with van der Waals surface area (Å²) >= 11 is 0. The lowest BCUT2D eigenvalue weighted by atomic mass is 10.2. The summed E-state index contributed by atoms with van der Waals surface area (Å²) in [7, 11) is 0. The number of fused-ring (bicyclic) bond motifs is 3. The molecule has 3 N–H and O–H groups in total. The van der Waals surface area contributed by atoms with Crippen LogP contribution in [0.15, 0.2) is 36.5 Å². The Morgan fingerprint density at radius 1 is 1.22 bits per heavy atom. The van der Waals surface area contributed by atoms with E-state index in [1.54, 1.807) is 12.1 Å². The molecule has 0 saturated carbocycles. The zero-order chi connectivity index (χ0) is 12.5. The molecule has 3 rings (SSSR count). The lowest BCUT2D eigenvalue weighted by Gasteiger charge is -2.01. The van der Waals surface area contributed by atoms with E-state index in [-0.39, 0.29) is 5.75 Å². The van der Waals surface area contributed by atoms with Gasteiger partial charge in [-0.15, -0.1) is 0 Å². The molecule has 0 unspecified atom stereocenters. The molecule has 0 saturated heterocycles. The molecule has 3 aromatic rings. The van der Waals surface area contributed by atoms with Crippen LogP contribution in [0.3, 0.4) is 0 Å². The highest BCUT2D eigenvalue weighted by atomic mass is 16.3. The summed E-state index contributed by atoms with van der Waals surface area (Å²) in [6.45, 7) is 0.683. The standard InChI is InChI=1S/C14H15N3O/c15-7-1-2-11-9-17-13-5-4-12(18)8-10(13)3-6-14(17)16-11/h3-6,8-9,18H,1-2,7,15H2. The van der Waals surface area contributed by atoms with Crippen LogP contribution in [-0.2, 0) is 6.42 Å². The number of aromatic nitrogens is 2. The number of hydrogen-bond donors (Lipinski definition) is 2. The number of nitrogens with two attached hydrogens (primary N) is 1. The van der Waals surface area contributed by atoms with Gasteiger partial charge < -0.3 is 10.8 Å². The predicted octanol–water partition coefficient (Wildman–Crippen LogP) is 2.08. The third-order valence-electron chi connectivity index (χ3n) is 3.10. The van der Waals surface area contributed by atoms with Crippen LogP contribution in [0.4, 0.5) is 0 Å². The van der Waals surface area contributed by atoms with Crippen molar-refractivity contribution in [3.8, 4) is 5.75 Å². The Bertz CT molecular complexity index is 703. The van der Waals surface area contributed by atoms with Crippen LogP contribution in [0.5, 0.6) is 5.75 Å². The van der Waals surface area contributed by atoms with Gasteiger partial charge in [-0.3, -0.25) is 4.40 Å². The summed E-state index contributed by atoms with van der Waals surface area (Å²) in [5.41, 5.74) is 8.56. The summed E-state index contributed by atoms with van der Waals surface area (Å²) < 4.78 is 2.06. The summed E-state index contributed by atoms with van der Waals surface area (Å²) in [4.78, 5) is 4.57. The minimum atomic E-state index is 0.283. The van der Waals surface area contributed by atoms with Gasteiger partial charge in [0.25, 0.3) is 0 Å². The van der Waals surface area contributed by atoms with Crippen molar-refractivity contribution in [3.05, 3.63) is 42.2 Å².